The molecule has 0 spiro atoms. The number of nitrogens with one attached hydrogen (secondary N) is 2. The van der Waals surface area contributed by atoms with E-state index in [1.807, 2.05) is 17.0 Å². The van der Waals surface area contributed by atoms with Gasteiger partial charge < -0.3 is 15.5 Å². The van der Waals surface area contributed by atoms with Crippen LogP contribution in [0.25, 0.3) is 0 Å². The molecule has 0 saturated carbocycles. The number of amides is 1. The number of benzene rings is 2. The molecule has 5 heteroatoms. The Morgan fingerprint density at radius 2 is 1.62 bits per heavy atom. The summed E-state index contributed by atoms with van der Waals surface area (Å²) in [6.07, 6.45) is 3.47. The van der Waals surface area contributed by atoms with Crippen LogP contribution in [0.5, 0.6) is 0 Å². The van der Waals surface area contributed by atoms with Crippen LogP contribution in [0.2, 0.25) is 0 Å². The average molecular weight is 429 g/mol. The minimum atomic E-state index is -0.358. The molecule has 0 radical (unpaired) electrons. The molecule has 2 heterocycles. The van der Waals surface area contributed by atoms with E-state index in [0.29, 0.717) is 12.2 Å². The number of likely N-dealkylation sites (tertiary alicyclic amines) is 1. The van der Waals surface area contributed by atoms with Gasteiger partial charge in [-0.2, -0.15) is 0 Å². The van der Waals surface area contributed by atoms with Crippen molar-refractivity contribution in [3.63, 3.8) is 0 Å². The van der Waals surface area contributed by atoms with E-state index >= 15 is 0 Å². The lowest BCUT2D eigenvalue weighted by atomic mass is 10.0. The Hall–Kier alpha value is -3.34. The van der Waals surface area contributed by atoms with Crippen molar-refractivity contribution in [2.75, 3.05) is 23.7 Å². The average Bonchev–Trinajstić information content (AvgIpc) is 2.75. The van der Waals surface area contributed by atoms with Crippen molar-refractivity contribution in [3.8, 4) is 0 Å². The van der Waals surface area contributed by atoms with E-state index in [0.717, 1.165) is 30.8 Å². The lowest BCUT2D eigenvalue weighted by molar-refractivity contribution is -0.135. The SMILES string of the molecule is Cc1ccc(C[C@H](Nc2ncccc2NC(C)c2ccc(C)cc2)C(=O)N2CCC2)cc1. The molecule has 1 saturated heterocycles. The quantitative estimate of drug-likeness (QED) is 0.522. The number of carbonyl (C=O) groups excluding carboxylic acids is 1. The van der Waals surface area contributed by atoms with Crippen LogP contribution in [0.3, 0.4) is 0 Å². The zero-order valence-corrected chi connectivity index (χ0v) is 19.1. The molecule has 4 rings (SSSR count). The van der Waals surface area contributed by atoms with Gasteiger partial charge >= 0.3 is 0 Å². The first-order valence-corrected chi connectivity index (χ1v) is 11.4. The number of anilines is 2. The molecule has 5 nitrogen and oxygen atoms in total. The molecular formula is C27H32N4O. The molecule has 3 aromatic rings. The Morgan fingerprint density at radius 3 is 2.25 bits per heavy atom. The van der Waals surface area contributed by atoms with Crippen molar-refractivity contribution >= 4 is 17.4 Å². The molecule has 2 aromatic carbocycles. The highest BCUT2D eigenvalue weighted by Crippen LogP contribution is 2.26. The fraction of sp³-hybridized carbons (Fsp3) is 0.333. The summed E-state index contributed by atoms with van der Waals surface area (Å²) in [5, 5.41) is 7.03. The van der Waals surface area contributed by atoms with Crippen LogP contribution >= 0.6 is 0 Å². The van der Waals surface area contributed by atoms with Crippen molar-refractivity contribution in [2.45, 2.75) is 45.7 Å². The molecule has 1 amide bonds. The van der Waals surface area contributed by atoms with E-state index in [9.17, 15) is 4.79 Å². The highest BCUT2D eigenvalue weighted by Gasteiger charge is 2.29. The van der Waals surface area contributed by atoms with Crippen LogP contribution in [0.1, 0.15) is 41.6 Å². The van der Waals surface area contributed by atoms with Gasteiger partial charge in [-0.05, 0) is 50.5 Å². The number of aromatic nitrogens is 1. The predicted molar refractivity (Wildman–Crippen MR) is 131 cm³/mol. The van der Waals surface area contributed by atoms with Gasteiger partial charge in [0.05, 0.1) is 5.69 Å². The Bertz CT molecular complexity index is 1040. The third kappa shape index (κ3) is 5.28. The number of pyridine rings is 1. The van der Waals surface area contributed by atoms with Gasteiger partial charge in [-0.15, -0.1) is 0 Å². The van der Waals surface area contributed by atoms with Gasteiger partial charge in [0, 0.05) is 31.7 Å². The van der Waals surface area contributed by atoms with E-state index in [4.69, 9.17) is 0 Å². The first-order valence-electron chi connectivity index (χ1n) is 11.4. The number of hydrogen-bond donors (Lipinski definition) is 2. The van der Waals surface area contributed by atoms with Crippen molar-refractivity contribution in [1.82, 2.24) is 9.88 Å². The summed E-state index contributed by atoms with van der Waals surface area (Å²) in [5.41, 5.74) is 5.70. The maximum Gasteiger partial charge on any atom is 0.245 e. The van der Waals surface area contributed by atoms with Crippen molar-refractivity contribution < 1.29 is 4.79 Å². The van der Waals surface area contributed by atoms with Crippen LogP contribution in [-0.4, -0.2) is 34.9 Å². The largest absolute Gasteiger partial charge is 0.376 e. The Morgan fingerprint density at radius 1 is 0.969 bits per heavy atom. The molecule has 0 aliphatic carbocycles. The molecule has 1 fully saturated rings. The van der Waals surface area contributed by atoms with E-state index in [1.165, 1.54) is 16.7 Å². The standard InChI is InChI=1S/C27H32N4O/c1-19-7-11-22(12-8-19)18-25(27(32)31-16-5-17-31)30-26-24(6-4-15-28-26)29-21(3)23-13-9-20(2)10-14-23/h4,6-15,21,25,29H,5,16-18H2,1-3H3,(H,28,30)/t21?,25-/m0/s1. The second-order valence-electron chi connectivity index (χ2n) is 8.74. The van der Waals surface area contributed by atoms with Crippen LogP contribution in [0.15, 0.2) is 66.9 Å². The van der Waals surface area contributed by atoms with Crippen molar-refractivity contribution in [2.24, 2.45) is 0 Å². The lowest BCUT2D eigenvalue weighted by Gasteiger charge is -2.34. The van der Waals surface area contributed by atoms with Gasteiger partial charge in [0.25, 0.3) is 0 Å². The first kappa shape index (κ1) is 21.9. The summed E-state index contributed by atoms with van der Waals surface area (Å²) < 4.78 is 0. The Kier molecular flexibility index (Phi) is 6.74. The topological polar surface area (TPSA) is 57.3 Å². The molecule has 2 atom stereocenters. The van der Waals surface area contributed by atoms with Gasteiger partial charge in [0.1, 0.15) is 11.9 Å². The third-order valence-corrected chi connectivity index (χ3v) is 6.09. The second-order valence-corrected chi connectivity index (χ2v) is 8.74. The van der Waals surface area contributed by atoms with Gasteiger partial charge in [-0.25, -0.2) is 4.98 Å². The summed E-state index contributed by atoms with van der Waals surface area (Å²) in [4.78, 5) is 19.7. The maximum absolute atomic E-state index is 13.2. The van der Waals surface area contributed by atoms with E-state index < -0.39 is 0 Å². The van der Waals surface area contributed by atoms with Gasteiger partial charge in [-0.3, -0.25) is 4.79 Å². The molecule has 1 aromatic heterocycles. The molecule has 1 aliphatic heterocycles. The fourth-order valence-electron chi connectivity index (χ4n) is 3.89. The van der Waals surface area contributed by atoms with Crippen LogP contribution in [0.4, 0.5) is 11.5 Å². The number of aryl methyl sites for hydroxylation is 2. The smallest absolute Gasteiger partial charge is 0.245 e. The van der Waals surface area contributed by atoms with Gasteiger partial charge in [0.15, 0.2) is 0 Å². The Balaban J connectivity index is 1.54. The predicted octanol–water partition coefficient (Wildman–Crippen LogP) is 5.13. The zero-order chi connectivity index (χ0) is 22.5. The zero-order valence-electron chi connectivity index (χ0n) is 19.1. The summed E-state index contributed by atoms with van der Waals surface area (Å²) >= 11 is 0. The summed E-state index contributed by atoms with van der Waals surface area (Å²) in [6, 6.07) is 20.6. The van der Waals surface area contributed by atoms with E-state index in [1.54, 1.807) is 6.20 Å². The minimum Gasteiger partial charge on any atom is -0.376 e. The summed E-state index contributed by atoms with van der Waals surface area (Å²) in [6.45, 7) is 7.97. The van der Waals surface area contributed by atoms with Crippen molar-refractivity contribution in [1.29, 1.82) is 0 Å². The first-order chi connectivity index (χ1) is 15.5. The van der Waals surface area contributed by atoms with E-state index in [2.05, 4.69) is 84.9 Å². The highest BCUT2D eigenvalue weighted by molar-refractivity contribution is 5.86. The number of nitrogens with zero attached hydrogens (tertiary/aromatic N) is 2. The molecule has 1 aliphatic rings. The second kappa shape index (κ2) is 9.86. The van der Waals surface area contributed by atoms with Crippen molar-refractivity contribution in [3.05, 3.63) is 89.1 Å². The molecular weight excluding hydrogens is 396 g/mol. The highest BCUT2D eigenvalue weighted by atomic mass is 16.2. The number of rotatable bonds is 8. The summed E-state index contributed by atoms with van der Waals surface area (Å²) in [5.74, 6) is 0.845. The number of carbonyl (C=O) groups is 1. The number of hydrogen-bond acceptors (Lipinski definition) is 4. The van der Waals surface area contributed by atoms with Crippen LogP contribution in [0, 0.1) is 13.8 Å². The minimum absolute atomic E-state index is 0.113. The van der Waals surface area contributed by atoms with Gasteiger partial charge in [-0.1, -0.05) is 59.7 Å². The third-order valence-electron chi connectivity index (χ3n) is 6.09. The Labute approximate surface area is 190 Å². The molecule has 1 unspecified atom stereocenters. The monoisotopic (exact) mass is 428 g/mol. The molecule has 2 N–H and O–H groups in total. The maximum atomic E-state index is 13.2. The normalized spacial score (nSPS) is 14.9. The molecule has 0 bridgehead atoms. The lowest BCUT2D eigenvalue weighted by Crippen LogP contribution is -2.50. The molecule has 166 valence electrons. The fourth-order valence-corrected chi connectivity index (χ4v) is 3.89. The van der Waals surface area contributed by atoms with E-state index in [-0.39, 0.29) is 18.0 Å². The van der Waals surface area contributed by atoms with Crippen LogP contribution in [-0.2, 0) is 11.2 Å². The van der Waals surface area contributed by atoms with Gasteiger partial charge in [0.2, 0.25) is 5.91 Å². The molecule has 32 heavy (non-hydrogen) atoms. The summed E-state index contributed by atoms with van der Waals surface area (Å²) in [7, 11) is 0. The van der Waals surface area contributed by atoms with Crippen LogP contribution < -0.4 is 10.6 Å².